The summed E-state index contributed by atoms with van der Waals surface area (Å²) in [6.07, 6.45) is -1.40. The Balaban J connectivity index is 1.22. The van der Waals surface area contributed by atoms with Crippen LogP contribution in [0.25, 0.3) is 10.9 Å². The lowest BCUT2D eigenvalue weighted by molar-refractivity contribution is -0.138. The Hall–Kier alpha value is -3.63. The number of pyridine rings is 1. The molecule has 4 rings (SSSR count). The number of fused-ring (bicyclic) bond motifs is 1. The Morgan fingerprint density at radius 1 is 0.953 bits per heavy atom. The molecule has 0 unspecified atom stereocenters. The minimum Gasteiger partial charge on any atom is -0.379 e. The minimum absolute atomic E-state index is 0.0351. The molecule has 1 saturated heterocycles. The molecule has 0 aromatic carbocycles. The Labute approximate surface area is 247 Å². The highest BCUT2D eigenvalue weighted by Gasteiger charge is 2.32. The van der Waals surface area contributed by atoms with Gasteiger partial charge in [0, 0.05) is 65.9 Å². The summed E-state index contributed by atoms with van der Waals surface area (Å²) >= 11 is 0. The van der Waals surface area contributed by atoms with E-state index < -0.39 is 19.8 Å². The summed E-state index contributed by atoms with van der Waals surface area (Å²) in [5.74, 6) is 0.0687. The molecule has 3 aromatic heterocycles. The Morgan fingerprint density at radius 2 is 1.65 bits per heavy atom. The van der Waals surface area contributed by atoms with E-state index in [4.69, 9.17) is 9.47 Å². The maximum Gasteiger partial charge on any atom is 0.419 e. The first-order valence-corrected chi connectivity index (χ1v) is 17.7. The molecule has 43 heavy (non-hydrogen) atoms. The number of anilines is 1. The number of hydrogen-bond donors (Lipinski definition) is 0. The molecular weight excluding hydrogens is 587 g/mol. The number of hydrogen-bond acceptors (Lipinski definition) is 9. The van der Waals surface area contributed by atoms with E-state index >= 15 is 0 Å². The zero-order valence-corrected chi connectivity index (χ0v) is 25.5. The van der Waals surface area contributed by atoms with E-state index in [1.165, 1.54) is 27.6 Å². The van der Waals surface area contributed by atoms with Gasteiger partial charge in [-0.1, -0.05) is 19.6 Å². The van der Waals surface area contributed by atoms with Crippen LogP contribution in [0.15, 0.2) is 40.3 Å². The highest BCUT2D eigenvalue weighted by atomic mass is 28.3. The van der Waals surface area contributed by atoms with Gasteiger partial charge in [0.2, 0.25) is 11.9 Å². The largest absolute Gasteiger partial charge is 0.419 e. The molecule has 0 spiro atoms. The number of carbonyl (C=O) groups is 1. The summed E-state index contributed by atoms with van der Waals surface area (Å²) in [6, 6.07) is 3.79. The van der Waals surface area contributed by atoms with Crippen molar-refractivity contribution in [2.24, 2.45) is 0 Å². The topological polar surface area (TPSA) is 125 Å². The van der Waals surface area contributed by atoms with Crippen LogP contribution < -0.4 is 16.0 Å². The fourth-order valence-electron chi connectivity index (χ4n) is 4.44. The van der Waals surface area contributed by atoms with Crippen molar-refractivity contribution in [1.29, 1.82) is 0 Å². The van der Waals surface area contributed by atoms with Gasteiger partial charge in [0.05, 0.1) is 42.3 Å². The van der Waals surface area contributed by atoms with E-state index in [1.807, 2.05) is 0 Å². The Kier molecular flexibility index (Phi) is 10.3. The van der Waals surface area contributed by atoms with Crippen molar-refractivity contribution in [2.45, 2.75) is 51.6 Å². The third kappa shape index (κ3) is 8.70. The first kappa shape index (κ1) is 32.3. The van der Waals surface area contributed by atoms with Gasteiger partial charge in [-0.3, -0.25) is 14.4 Å². The van der Waals surface area contributed by atoms with Gasteiger partial charge in [-0.25, -0.2) is 14.6 Å². The normalized spacial score (nSPS) is 14.5. The molecule has 1 fully saturated rings. The zero-order chi connectivity index (χ0) is 31.2. The predicted molar refractivity (Wildman–Crippen MR) is 156 cm³/mol. The predicted octanol–water partition coefficient (Wildman–Crippen LogP) is 2.43. The van der Waals surface area contributed by atoms with Crippen LogP contribution in [0.4, 0.5) is 19.1 Å². The lowest BCUT2D eigenvalue weighted by Gasteiger charge is -2.34. The zero-order valence-electron chi connectivity index (χ0n) is 24.5. The molecule has 0 N–H and O–H groups in total. The molecule has 16 heteroatoms. The second kappa shape index (κ2) is 13.8. The summed E-state index contributed by atoms with van der Waals surface area (Å²) in [5.41, 5.74) is -1.17. The van der Waals surface area contributed by atoms with Crippen LogP contribution in [-0.2, 0) is 33.7 Å². The molecule has 0 aliphatic carbocycles. The highest BCUT2D eigenvalue weighted by Crippen LogP contribution is 2.28. The number of nitrogens with zero attached hydrogens (tertiary/aromatic N) is 7. The van der Waals surface area contributed by atoms with Crippen molar-refractivity contribution in [3.8, 4) is 0 Å². The molecule has 3 aromatic rings. The van der Waals surface area contributed by atoms with Crippen LogP contribution in [0.1, 0.15) is 12.0 Å². The molecule has 12 nitrogen and oxygen atoms in total. The molecule has 4 heterocycles. The van der Waals surface area contributed by atoms with Crippen molar-refractivity contribution in [3.63, 3.8) is 0 Å². The summed E-state index contributed by atoms with van der Waals surface area (Å²) in [5, 5.41) is 4.53. The summed E-state index contributed by atoms with van der Waals surface area (Å²) in [6.45, 7) is 9.31. The standard InChI is InChI=1S/C27H36F3N7O5Si/c1-43(2,3)15-14-42-19-37-25(40)21-4-5-24(39)36(22(21)18-33-37)11-13-41-12-6-23(38)34-7-9-35(10-8-34)26-31-16-20(17-32-26)27(28,29)30/h4-5,16-18H,6-15,19H2,1-3H3. The van der Waals surface area contributed by atoms with Crippen LogP contribution in [0, 0.1) is 0 Å². The number of ether oxygens (including phenoxy) is 2. The van der Waals surface area contributed by atoms with Gasteiger partial charge in [-0.15, -0.1) is 0 Å². The lowest BCUT2D eigenvalue weighted by Crippen LogP contribution is -2.49. The summed E-state index contributed by atoms with van der Waals surface area (Å²) < 4.78 is 52.1. The number of halogens is 3. The van der Waals surface area contributed by atoms with E-state index in [0.29, 0.717) is 43.7 Å². The SMILES string of the molecule is C[Si](C)(C)CCOCn1ncc2c(ccc(=O)n2CCOCCC(=O)N2CCN(c3ncc(C(F)(F)F)cn3)CC2)c1=O. The Bertz CT molecular complexity index is 1520. The van der Waals surface area contributed by atoms with Crippen molar-refractivity contribution in [1.82, 2.24) is 29.2 Å². The molecule has 0 bridgehead atoms. The molecule has 1 aliphatic rings. The fraction of sp³-hybridized carbons (Fsp3) is 0.556. The van der Waals surface area contributed by atoms with Crippen LogP contribution in [0.3, 0.4) is 0 Å². The third-order valence-corrected chi connectivity index (χ3v) is 8.72. The van der Waals surface area contributed by atoms with E-state index in [0.717, 1.165) is 18.4 Å². The van der Waals surface area contributed by atoms with E-state index in [1.54, 1.807) is 9.80 Å². The van der Waals surface area contributed by atoms with Crippen LogP contribution in [0.5, 0.6) is 0 Å². The molecule has 0 radical (unpaired) electrons. The molecule has 1 aliphatic heterocycles. The van der Waals surface area contributed by atoms with Gasteiger partial charge >= 0.3 is 6.18 Å². The Morgan fingerprint density at radius 3 is 2.30 bits per heavy atom. The average Bonchev–Trinajstić information content (AvgIpc) is 2.96. The molecule has 0 saturated carbocycles. The number of rotatable bonds is 12. The van der Waals surface area contributed by atoms with Crippen LogP contribution in [0.2, 0.25) is 25.7 Å². The summed E-state index contributed by atoms with van der Waals surface area (Å²) in [4.78, 5) is 49.1. The van der Waals surface area contributed by atoms with Crippen molar-refractivity contribution in [2.75, 3.05) is 50.9 Å². The van der Waals surface area contributed by atoms with Crippen molar-refractivity contribution in [3.05, 3.63) is 57.0 Å². The van der Waals surface area contributed by atoms with Crippen molar-refractivity contribution >= 4 is 30.8 Å². The first-order chi connectivity index (χ1) is 20.3. The highest BCUT2D eigenvalue weighted by molar-refractivity contribution is 6.76. The molecule has 0 atom stereocenters. The van der Waals surface area contributed by atoms with E-state index in [2.05, 4.69) is 34.7 Å². The van der Waals surface area contributed by atoms with Gasteiger partial charge < -0.3 is 23.8 Å². The van der Waals surface area contributed by atoms with Crippen LogP contribution in [-0.4, -0.2) is 89.2 Å². The number of alkyl halides is 3. The maximum absolute atomic E-state index is 12.9. The van der Waals surface area contributed by atoms with Crippen LogP contribution >= 0.6 is 0 Å². The van der Waals surface area contributed by atoms with Gasteiger partial charge in [0.25, 0.3) is 11.1 Å². The first-order valence-electron chi connectivity index (χ1n) is 14.0. The minimum atomic E-state index is -4.50. The van der Waals surface area contributed by atoms with Gasteiger partial charge in [-0.2, -0.15) is 18.3 Å². The fourth-order valence-corrected chi connectivity index (χ4v) is 5.20. The lowest BCUT2D eigenvalue weighted by atomic mass is 10.3. The number of carbonyl (C=O) groups excluding carboxylic acids is 1. The number of aromatic nitrogens is 5. The van der Waals surface area contributed by atoms with Gasteiger partial charge in [0.1, 0.15) is 6.73 Å². The molecule has 1 amide bonds. The second-order valence-electron chi connectivity index (χ2n) is 11.4. The van der Waals surface area contributed by atoms with E-state index in [-0.39, 0.29) is 55.9 Å². The smallest absolute Gasteiger partial charge is 0.379 e. The van der Waals surface area contributed by atoms with Crippen molar-refractivity contribution < 1.29 is 27.4 Å². The summed E-state index contributed by atoms with van der Waals surface area (Å²) in [7, 11) is -1.26. The number of amides is 1. The molecular formula is C27H36F3N7O5Si. The second-order valence-corrected chi connectivity index (χ2v) is 17.0. The average molecular weight is 624 g/mol. The third-order valence-electron chi connectivity index (χ3n) is 7.02. The quantitative estimate of drug-likeness (QED) is 0.221. The maximum atomic E-state index is 12.9. The van der Waals surface area contributed by atoms with E-state index in [9.17, 15) is 27.6 Å². The van der Waals surface area contributed by atoms with Gasteiger partial charge in [0.15, 0.2) is 0 Å². The molecule has 234 valence electrons. The number of piperazine rings is 1. The monoisotopic (exact) mass is 623 g/mol. The van der Waals surface area contributed by atoms with Gasteiger partial charge in [-0.05, 0) is 12.1 Å².